The Labute approximate surface area is 111 Å². The first-order valence-electron chi connectivity index (χ1n) is 4.76. The molecular formula is C10H8ClN3O3S. The SMILES string of the molecule is COc1cc(Nc2nncs2)c(Cl)cc1C(=O)O. The molecule has 0 atom stereocenters. The Hall–Kier alpha value is -1.86. The number of aromatic nitrogens is 2. The average molecular weight is 286 g/mol. The van der Waals surface area contributed by atoms with Gasteiger partial charge in [-0.3, -0.25) is 0 Å². The zero-order valence-electron chi connectivity index (χ0n) is 9.18. The molecular weight excluding hydrogens is 278 g/mol. The Morgan fingerprint density at radius 3 is 2.89 bits per heavy atom. The van der Waals surface area contributed by atoms with Gasteiger partial charge in [0.2, 0.25) is 5.13 Å². The Morgan fingerprint density at radius 1 is 1.56 bits per heavy atom. The van der Waals surface area contributed by atoms with E-state index in [0.717, 1.165) is 0 Å². The summed E-state index contributed by atoms with van der Waals surface area (Å²) in [6.07, 6.45) is 0. The minimum atomic E-state index is -1.10. The van der Waals surface area contributed by atoms with Crippen molar-refractivity contribution >= 4 is 39.7 Å². The Morgan fingerprint density at radius 2 is 2.33 bits per heavy atom. The van der Waals surface area contributed by atoms with Crippen molar-refractivity contribution in [1.29, 1.82) is 0 Å². The minimum Gasteiger partial charge on any atom is -0.496 e. The second-order valence-electron chi connectivity index (χ2n) is 3.21. The topological polar surface area (TPSA) is 84.3 Å². The quantitative estimate of drug-likeness (QED) is 0.898. The maximum Gasteiger partial charge on any atom is 0.339 e. The van der Waals surface area contributed by atoms with Gasteiger partial charge in [0.15, 0.2) is 0 Å². The second kappa shape index (κ2) is 5.19. The number of hydrogen-bond acceptors (Lipinski definition) is 6. The molecule has 0 fully saturated rings. The lowest BCUT2D eigenvalue weighted by Crippen LogP contribution is -2.02. The van der Waals surface area contributed by atoms with Gasteiger partial charge in [0.1, 0.15) is 16.8 Å². The molecule has 2 N–H and O–H groups in total. The van der Waals surface area contributed by atoms with E-state index in [1.165, 1.54) is 30.6 Å². The van der Waals surface area contributed by atoms with E-state index in [9.17, 15) is 4.79 Å². The summed E-state index contributed by atoms with van der Waals surface area (Å²) in [6.45, 7) is 0. The largest absolute Gasteiger partial charge is 0.496 e. The van der Waals surface area contributed by atoms with Crippen molar-refractivity contribution < 1.29 is 14.6 Å². The van der Waals surface area contributed by atoms with E-state index in [2.05, 4.69) is 15.5 Å². The van der Waals surface area contributed by atoms with E-state index in [1.54, 1.807) is 5.51 Å². The third-order valence-electron chi connectivity index (χ3n) is 2.12. The predicted molar refractivity (Wildman–Crippen MR) is 68.2 cm³/mol. The zero-order chi connectivity index (χ0) is 13.1. The van der Waals surface area contributed by atoms with Gasteiger partial charge in [-0.1, -0.05) is 22.9 Å². The number of nitrogens with zero attached hydrogens (tertiary/aromatic N) is 2. The summed E-state index contributed by atoms with van der Waals surface area (Å²) in [6, 6.07) is 2.83. The van der Waals surface area contributed by atoms with Gasteiger partial charge in [-0.25, -0.2) is 4.79 Å². The van der Waals surface area contributed by atoms with Crippen LogP contribution in [0.4, 0.5) is 10.8 Å². The summed E-state index contributed by atoms with van der Waals surface area (Å²) < 4.78 is 5.01. The number of ether oxygens (including phenoxy) is 1. The van der Waals surface area contributed by atoms with E-state index < -0.39 is 5.97 Å². The van der Waals surface area contributed by atoms with E-state index >= 15 is 0 Å². The normalized spacial score (nSPS) is 10.1. The number of carboxylic acid groups (broad SMARTS) is 1. The molecule has 2 aromatic rings. The predicted octanol–water partition coefficient (Wildman–Crippen LogP) is 2.64. The molecule has 0 spiro atoms. The number of aromatic carboxylic acids is 1. The van der Waals surface area contributed by atoms with E-state index in [0.29, 0.717) is 10.8 Å². The van der Waals surface area contributed by atoms with Crippen molar-refractivity contribution in [3.8, 4) is 5.75 Å². The molecule has 1 heterocycles. The maximum absolute atomic E-state index is 11.0. The van der Waals surface area contributed by atoms with Crippen molar-refractivity contribution in [2.24, 2.45) is 0 Å². The first-order valence-corrected chi connectivity index (χ1v) is 6.01. The van der Waals surface area contributed by atoms with Crippen molar-refractivity contribution in [3.63, 3.8) is 0 Å². The number of rotatable bonds is 4. The highest BCUT2D eigenvalue weighted by molar-refractivity contribution is 7.13. The van der Waals surface area contributed by atoms with Gasteiger partial charge in [0.25, 0.3) is 0 Å². The monoisotopic (exact) mass is 285 g/mol. The van der Waals surface area contributed by atoms with Crippen LogP contribution in [0.1, 0.15) is 10.4 Å². The molecule has 0 amide bonds. The minimum absolute atomic E-state index is 0.00492. The number of anilines is 2. The second-order valence-corrected chi connectivity index (χ2v) is 4.45. The van der Waals surface area contributed by atoms with Crippen LogP contribution in [0.2, 0.25) is 5.02 Å². The average Bonchev–Trinajstić information content (AvgIpc) is 2.83. The molecule has 0 aliphatic carbocycles. The van der Waals surface area contributed by atoms with Crippen LogP contribution in [0.3, 0.4) is 0 Å². The summed E-state index contributed by atoms with van der Waals surface area (Å²) in [5.74, 6) is -0.880. The first kappa shape index (κ1) is 12.6. The molecule has 1 aromatic heterocycles. The van der Waals surface area contributed by atoms with Gasteiger partial charge in [0, 0.05) is 6.07 Å². The molecule has 0 radical (unpaired) electrons. The van der Waals surface area contributed by atoms with E-state index in [1.807, 2.05) is 0 Å². The van der Waals surface area contributed by atoms with E-state index in [-0.39, 0.29) is 16.3 Å². The van der Waals surface area contributed by atoms with Gasteiger partial charge in [-0.15, -0.1) is 10.2 Å². The standard InChI is InChI=1S/C10H8ClN3O3S/c1-17-8-3-7(13-10-14-12-4-18-10)6(11)2-5(8)9(15)16/h2-4H,1H3,(H,13,14)(H,15,16). The molecule has 0 bridgehead atoms. The number of nitrogens with one attached hydrogen (secondary N) is 1. The van der Waals surface area contributed by atoms with Crippen molar-refractivity contribution in [2.45, 2.75) is 0 Å². The van der Waals surface area contributed by atoms with Gasteiger partial charge in [0.05, 0.1) is 17.8 Å². The summed E-state index contributed by atoms with van der Waals surface area (Å²) in [7, 11) is 1.39. The highest BCUT2D eigenvalue weighted by atomic mass is 35.5. The molecule has 94 valence electrons. The Balaban J connectivity index is 2.40. The molecule has 18 heavy (non-hydrogen) atoms. The molecule has 0 unspecified atom stereocenters. The van der Waals surface area contributed by atoms with Crippen LogP contribution in [0.25, 0.3) is 0 Å². The lowest BCUT2D eigenvalue weighted by molar-refractivity contribution is 0.0693. The van der Waals surface area contributed by atoms with Crippen LogP contribution in [0.5, 0.6) is 5.75 Å². The lowest BCUT2D eigenvalue weighted by atomic mass is 10.2. The number of hydrogen-bond donors (Lipinski definition) is 2. The van der Waals surface area contributed by atoms with Crippen molar-refractivity contribution in [2.75, 3.05) is 12.4 Å². The van der Waals surface area contributed by atoms with Crippen LogP contribution in [-0.4, -0.2) is 28.4 Å². The highest BCUT2D eigenvalue weighted by Gasteiger charge is 2.15. The molecule has 8 heteroatoms. The van der Waals surface area contributed by atoms with Crippen LogP contribution in [0.15, 0.2) is 17.6 Å². The van der Waals surface area contributed by atoms with Crippen LogP contribution < -0.4 is 10.1 Å². The third kappa shape index (κ3) is 2.52. The highest BCUT2D eigenvalue weighted by Crippen LogP contribution is 2.33. The fourth-order valence-electron chi connectivity index (χ4n) is 1.33. The van der Waals surface area contributed by atoms with Gasteiger partial charge >= 0.3 is 5.97 Å². The van der Waals surface area contributed by atoms with Crippen molar-refractivity contribution in [3.05, 3.63) is 28.2 Å². The fraction of sp³-hybridized carbons (Fsp3) is 0.100. The van der Waals surface area contributed by atoms with Gasteiger partial charge < -0.3 is 15.2 Å². The molecule has 6 nitrogen and oxygen atoms in total. The fourth-order valence-corrected chi connectivity index (χ4v) is 2.00. The Bertz CT molecular complexity index is 574. The van der Waals surface area contributed by atoms with Crippen LogP contribution >= 0.6 is 22.9 Å². The van der Waals surface area contributed by atoms with E-state index in [4.69, 9.17) is 21.4 Å². The first-order chi connectivity index (χ1) is 8.61. The number of carboxylic acids is 1. The summed E-state index contributed by atoms with van der Waals surface area (Å²) in [5, 5.41) is 20.2. The molecule has 0 aliphatic rings. The summed E-state index contributed by atoms with van der Waals surface area (Å²) in [4.78, 5) is 11.0. The third-order valence-corrected chi connectivity index (χ3v) is 3.04. The van der Waals surface area contributed by atoms with Crippen LogP contribution in [-0.2, 0) is 0 Å². The zero-order valence-corrected chi connectivity index (χ0v) is 10.7. The number of methoxy groups -OCH3 is 1. The molecule has 1 aromatic carbocycles. The Kier molecular flexibility index (Phi) is 3.63. The van der Waals surface area contributed by atoms with Crippen molar-refractivity contribution in [1.82, 2.24) is 10.2 Å². The summed E-state index contributed by atoms with van der Waals surface area (Å²) >= 11 is 7.30. The number of halogens is 1. The molecule has 2 rings (SSSR count). The lowest BCUT2D eigenvalue weighted by Gasteiger charge is -2.10. The smallest absolute Gasteiger partial charge is 0.339 e. The van der Waals surface area contributed by atoms with Gasteiger partial charge in [-0.2, -0.15) is 0 Å². The van der Waals surface area contributed by atoms with Gasteiger partial charge in [-0.05, 0) is 6.07 Å². The summed E-state index contributed by atoms with van der Waals surface area (Å²) in [5.41, 5.74) is 2.08. The molecule has 0 aliphatic heterocycles. The number of benzene rings is 1. The van der Waals surface area contributed by atoms with Crippen LogP contribution in [0, 0.1) is 0 Å². The molecule has 0 saturated carbocycles. The maximum atomic E-state index is 11.0. The number of carbonyl (C=O) groups is 1. The molecule has 0 saturated heterocycles.